The SMILES string of the molecule is NCCCCCOC[C@H]1O[C@@H](OCCc2c[nH]c3ccccc23)[C@H](OCc2ccccc2)[C@@H](OCc2ccccc2)[C@@H]1OCc1ccccn1. The fraction of sp³-hybridized carbons (Fsp3) is 0.390. The molecule has 3 aromatic carbocycles. The third-order valence-corrected chi connectivity index (χ3v) is 8.91. The van der Waals surface area contributed by atoms with Gasteiger partial charge in [-0.2, -0.15) is 0 Å². The first-order chi connectivity index (χ1) is 24.8. The van der Waals surface area contributed by atoms with E-state index >= 15 is 0 Å². The first kappa shape index (κ1) is 35.9. The lowest BCUT2D eigenvalue weighted by Crippen LogP contribution is -2.62. The van der Waals surface area contributed by atoms with Crippen molar-refractivity contribution in [2.24, 2.45) is 5.73 Å². The van der Waals surface area contributed by atoms with Crippen molar-refractivity contribution in [3.8, 4) is 0 Å². The quantitative estimate of drug-likeness (QED) is 0.0870. The van der Waals surface area contributed by atoms with E-state index in [0.717, 1.165) is 41.6 Å². The van der Waals surface area contributed by atoms with Crippen molar-refractivity contribution in [3.63, 3.8) is 0 Å². The van der Waals surface area contributed by atoms with Crippen LogP contribution in [0.3, 0.4) is 0 Å². The molecule has 1 saturated heterocycles. The summed E-state index contributed by atoms with van der Waals surface area (Å²) in [6.45, 7) is 3.03. The Morgan fingerprint density at radius 1 is 0.660 bits per heavy atom. The molecule has 0 spiro atoms. The molecule has 264 valence electrons. The highest BCUT2D eigenvalue weighted by Gasteiger charge is 2.49. The molecule has 0 aliphatic carbocycles. The summed E-state index contributed by atoms with van der Waals surface area (Å²) in [5.74, 6) is 0. The number of nitrogens with zero attached hydrogens (tertiary/aromatic N) is 1. The van der Waals surface area contributed by atoms with Crippen LogP contribution in [0.1, 0.15) is 41.6 Å². The number of rotatable bonds is 20. The largest absolute Gasteiger partial charge is 0.379 e. The second-order valence-electron chi connectivity index (χ2n) is 12.6. The molecule has 2 aromatic heterocycles. The molecule has 50 heavy (non-hydrogen) atoms. The van der Waals surface area contributed by atoms with Crippen LogP contribution in [0.15, 0.2) is 116 Å². The van der Waals surface area contributed by atoms with E-state index in [-0.39, 0.29) is 6.61 Å². The number of fused-ring (bicyclic) bond motifs is 1. The molecule has 3 N–H and O–H groups in total. The molecule has 3 heterocycles. The Morgan fingerprint density at radius 2 is 1.36 bits per heavy atom. The van der Waals surface area contributed by atoms with Crippen molar-refractivity contribution in [1.82, 2.24) is 9.97 Å². The van der Waals surface area contributed by atoms with Crippen LogP contribution in [-0.2, 0) is 54.7 Å². The Bertz CT molecular complexity index is 1650. The number of H-pyrrole nitrogens is 1. The molecule has 1 aliphatic heterocycles. The molecule has 0 unspecified atom stereocenters. The topological polar surface area (TPSA) is 110 Å². The van der Waals surface area contributed by atoms with Gasteiger partial charge in [0.2, 0.25) is 0 Å². The second kappa shape index (κ2) is 19.5. The van der Waals surface area contributed by atoms with Gasteiger partial charge >= 0.3 is 0 Å². The number of ether oxygens (including phenoxy) is 6. The maximum atomic E-state index is 6.80. The van der Waals surface area contributed by atoms with Gasteiger partial charge in [0, 0.05) is 29.9 Å². The first-order valence-corrected chi connectivity index (χ1v) is 17.7. The molecule has 9 nitrogen and oxygen atoms in total. The summed E-state index contributed by atoms with van der Waals surface area (Å²) in [6, 6.07) is 34.3. The summed E-state index contributed by atoms with van der Waals surface area (Å²) in [4.78, 5) is 7.87. The van der Waals surface area contributed by atoms with Crippen molar-refractivity contribution in [1.29, 1.82) is 0 Å². The van der Waals surface area contributed by atoms with Crippen LogP contribution >= 0.6 is 0 Å². The third-order valence-electron chi connectivity index (χ3n) is 8.91. The molecule has 9 heteroatoms. The zero-order valence-electron chi connectivity index (χ0n) is 28.6. The summed E-state index contributed by atoms with van der Waals surface area (Å²) >= 11 is 0. The van der Waals surface area contributed by atoms with Gasteiger partial charge in [-0.3, -0.25) is 4.98 Å². The van der Waals surface area contributed by atoms with Crippen LogP contribution in [0.25, 0.3) is 10.9 Å². The van der Waals surface area contributed by atoms with Crippen molar-refractivity contribution in [2.75, 3.05) is 26.4 Å². The Morgan fingerprint density at radius 3 is 2.10 bits per heavy atom. The highest BCUT2D eigenvalue weighted by molar-refractivity contribution is 5.83. The molecule has 1 aliphatic rings. The minimum atomic E-state index is -0.731. The van der Waals surface area contributed by atoms with Gasteiger partial charge in [-0.15, -0.1) is 0 Å². The molecule has 0 saturated carbocycles. The average molecular weight is 680 g/mol. The van der Waals surface area contributed by atoms with E-state index in [1.807, 2.05) is 79.0 Å². The minimum Gasteiger partial charge on any atom is -0.379 e. The molecule has 0 radical (unpaired) electrons. The summed E-state index contributed by atoms with van der Waals surface area (Å²) in [5, 5.41) is 1.19. The van der Waals surface area contributed by atoms with Crippen LogP contribution in [0.4, 0.5) is 0 Å². The molecule has 5 atom stereocenters. The Kier molecular flexibility index (Phi) is 14.0. The summed E-state index contributed by atoms with van der Waals surface area (Å²) in [5.41, 5.74) is 10.9. The van der Waals surface area contributed by atoms with Crippen LogP contribution in [-0.4, -0.2) is 67.0 Å². The number of hydrogen-bond acceptors (Lipinski definition) is 8. The third kappa shape index (κ3) is 10.3. The van der Waals surface area contributed by atoms with Gasteiger partial charge in [0.15, 0.2) is 6.29 Å². The van der Waals surface area contributed by atoms with E-state index in [2.05, 4.69) is 40.3 Å². The fourth-order valence-corrected chi connectivity index (χ4v) is 6.26. The molecule has 6 rings (SSSR count). The number of unbranched alkanes of at least 4 members (excludes halogenated alkanes) is 2. The highest BCUT2D eigenvalue weighted by atomic mass is 16.7. The van der Waals surface area contributed by atoms with E-state index < -0.39 is 30.7 Å². The number of pyridine rings is 1. The predicted molar refractivity (Wildman–Crippen MR) is 193 cm³/mol. The van der Waals surface area contributed by atoms with Gasteiger partial charge in [-0.1, -0.05) is 84.9 Å². The smallest absolute Gasteiger partial charge is 0.186 e. The fourth-order valence-electron chi connectivity index (χ4n) is 6.26. The molecule has 5 aromatic rings. The Hall–Kier alpha value is -3.93. The van der Waals surface area contributed by atoms with Gasteiger partial charge < -0.3 is 39.1 Å². The van der Waals surface area contributed by atoms with E-state index in [1.165, 1.54) is 10.9 Å². The lowest BCUT2D eigenvalue weighted by Gasteiger charge is -2.45. The average Bonchev–Trinajstić information content (AvgIpc) is 3.58. The number of aromatic nitrogens is 2. The van der Waals surface area contributed by atoms with Gasteiger partial charge in [-0.25, -0.2) is 0 Å². The van der Waals surface area contributed by atoms with E-state index in [0.29, 0.717) is 46.0 Å². The number of hydrogen-bond donors (Lipinski definition) is 2. The maximum Gasteiger partial charge on any atom is 0.186 e. The molecular weight excluding hydrogens is 630 g/mol. The normalized spacial score (nSPS) is 20.7. The predicted octanol–water partition coefficient (Wildman–Crippen LogP) is 6.75. The van der Waals surface area contributed by atoms with Crippen molar-refractivity contribution in [2.45, 2.75) is 76.2 Å². The standard InChI is InChI=1S/C41H49N3O6/c42-22-11-3-13-24-45-30-37-38(49-29-34-18-10-12-23-43-34)39(47-27-31-14-4-1-5-15-31)40(48-28-32-16-6-2-7-17-32)41(50-37)46-25-21-33-26-44-36-20-9-8-19-35(33)36/h1-2,4-10,12,14-20,23,26,37-41,44H,3,11,13,21-22,24-25,27-30,42H2/t37-,38-,39+,40-,41-/m1/s1. The van der Waals surface area contributed by atoms with E-state index in [4.69, 9.17) is 34.2 Å². The number of benzene rings is 3. The summed E-state index contributed by atoms with van der Waals surface area (Å²) in [6.07, 6.45) is 4.54. The number of nitrogens with one attached hydrogen (secondary N) is 1. The lowest BCUT2D eigenvalue weighted by atomic mass is 9.97. The molecule has 0 amide bonds. The van der Waals surface area contributed by atoms with Crippen LogP contribution in [0, 0.1) is 0 Å². The van der Waals surface area contributed by atoms with E-state index in [9.17, 15) is 0 Å². The van der Waals surface area contributed by atoms with Gasteiger partial charge in [0.25, 0.3) is 0 Å². The van der Waals surface area contributed by atoms with Crippen molar-refractivity contribution in [3.05, 3.63) is 138 Å². The van der Waals surface area contributed by atoms with E-state index in [1.54, 1.807) is 6.20 Å². The maximum absolute atomic E-state index is 6.80. The molecule has 1 fully saturated rings. The lowest BCUT2D eigenvalue weighted by molar-refractivity contribution is -0.328. The van der Waals surface area contributed by atoms with Crippen molar-refractivity contribution < 1.29 is 28.4 Å². The van der Waals surface area contributed by atoms with Crippen LogP contribution in [0.5, 0.6) is 0 Å². The van der Waals surface area contributed by atoms with Gasteiger partial charge in [0.05, 0.1) is 38.7 Å². The van der Waals surface area contributed by atoms with Gasteiger partial charge in [0.1, 0.15) is 24.4 Å². The minimum absolute atomic E-state index is 0.282. The number of aromatic amines is 1. The Labute approximate surface area is 295 Å². The number of nitrogens with two attached hydrogens (primary N) is 1. The van der Waals surface area contributed by atoms with Crippen molar-refractivity contribution >= 4 is 10.9 Å². The highest BCUT2D eigenvalue weighted by Crippen LogP contribution is 2.32. The summed E-state index contributed by atoms with van der Waals surface area (Å²) < 4.78 is 39.8. The zero-order valence-corrected chi connectivity index (χ0v) is 28.6. The zero-order chi connectivity index (χ0) is 34.2. The number of para-hydroxylation sites is 1. The second-order valence-corrected chi connectivity index (χ2v) is 12.6. The monoisotopic (exact) mass is 679 g/mol. The van der Waals surface area contributed by atoms with Crippen LogP contribution in [0.2, 0.25) is 0 Å². The van der Waals surface area contributed by atoms with Gasteiger partial charge in [-0.05, 0) is 67.1 Å². The first-order valence-electron chi connectivity index (χ1n) is 17.7. The molecular formula is C41H49N3O6. The Balaban J connectivity index is 1.26. The molecule has 0 bridgehead atoms. The summed E-state index contributed by atoms with van der Waals surface area (Å²) in [7, 11) is 0. The van der Waals surface area contributed by atoms with Crippen LogP contribution < -0.4 is 5.73 Å².